The molecule has 37 heavy (non-hydrogen) atoms. The molecule has 0 spiro atoms. The molecule has 3 rings (SSSR count). The van der Waals surface area contributed by atoms with Gasteiger partial charge in [0.1, 0.15) is 11.4 Å². The Hall–Kier alpha value is -3.91. The number of alkyl halides is 6. The number of fused-ring (bicyclic) bond motifs is 1. The molecule has 0 atom stereocenters. The predicted molar refractivity (Wildman–Crippen MR) is 117 cm³/mol. The van der Waals surface area contributed by atoms with Crippen LogP contribution in [0.3, 0.4) is 0 Å². The Morgan fingerprint density at radius 1 is 1.08 bits per heavy atom. The minimum Gasteiger partial charge on any atom is -0.443 e. The average molecular weight is 534 g/mol. The minimum absolute atomic E-state index is 0.164. The molecular weight excluding hydrogens is 514 g/mol. The van der Waals surface area contributed by atoms with Gasteiger partial charge in [-0.15, -0.1) is 0 Å². The van der Waals surface area contributed by atoms with Gasteiger partial charge in [-0.3, -0.25) is 14.9 Å². The SMILES string of the molecule is CC(C)(C)OC(=O)n1c(Cn2cccc([N+](=O)[O-])c2=O)nc2c(CC(C(F)(F)F)C(F)(F)F)cccc21. The van der Waals surface area contributed by atoms with Gasteiger partial charge in [0, 0.05) is 12.3 Å². The minimum atomic E-state index is -5.60. The maximum absolute atomic E-state index is 13.2. The van der Waals surface area contributed by atoms with Crippen LogP contribution in [-0.2, 0) is 17.7 Å². The maximum Gasteiger partial charge on any atom is 0.420 e. The van der Waals surface area contributed by atoms with E-state index >= 15 is 0 Å². The molecule has 2 aromatic heterocycles. The quantitative estimate of drug-likeness (QED) is 0.252. The number of hydrogen-bond acceptors (Lipinski definition) is 6. The second-order valence-electron chi connectivity index (χ2n) is 9.05. The first kappa shape index (κ1) is 27.7. The van der Waals surface area contributed by atoms with Crippen molar-refractivity contribution in [3.05, 3.63) is 68.4 Å². The molecule has 0 aliphatic heterocycles. The molecule has 0 unspecified atom stereocenters. The van der Waals surface area contributed by atoms with Crippen LogP contribution >= 0.6 is 0 Å². The summed E-state index contributed by atoms with van der Waals surface area (Å²) in [6.45, 7) is 4.00. The van der Waals surface area contributed by atoms with Gasteiger partial charge in [0.25, 0.3) is 0 Å². The van der Waals surface area contributed by atoms with Crippen LogP contribution in [0.1, 0.15) is 32.2 Å². The smallest absolute Gasteiger partial charge is 0.420 e. The number of ether oxygens (including phenoxy) is 1. The monoisotopic (exact) mass is 534 g/mol. The number of aromatic nitrogens is 3. The largest absolute Gasteiger partial charge is 0.443 e. The molecule has 0 saturated carbocycles. The van der Waals surface area contributed by atoms with Crippen LogP contribution in [-0.4, -0.2) is 43.1 Å². The van der Waals surface area contributed by atoms with E-state index in [1.54, 1.807) is 0 Å². The summed E-state index contributed by atoms with van der Waals surface area (Å²) in [5.74, 6) is -3.99. The van der Waals surface area contributed by atoms with Gasteiger partial charge in [0.2, 0.25) is 0 Å². The average Bonchev–Trinajstić information content (AvgIpc) is 3.09. The molecule has 0 aliphatic rings. The Labute approximate surface area is 204 Å². The first-order valence-corrected chi connectivity index (χ1v) is 10.6. The Morgan fingerprint density at radius 3 is 2.24 bits per heavy atom. The van der Waals surface area contributed by atoms with Crippen molar-refractivity contribution >= 4 is 22.8 Å². The lowest BCUT2D eigenvalue weighted by Gasteiger charge is -2.23. The van der Waals surface area contributed by atoms with E-state index in [1.807, 2.05) is 0 Å². The van der Waals surface area contributed by atoms with Gasteiger partial charge < -0.3 is 9.30 Å². The van der Waals surface area contributed by atoms with E-state index in [-0.39, 0.29) is 16.9 Å². The van der Waals surface area contributed by atoms with Crippen molar-refractivity contribution in [2.24, 2.45) is 5.92 Å². The molecule has 0 amide bonds. The summed E-state index contributed by atoms with van der Waals surface area (Å²) < 4.78 is 86.3. The molecule has 2 heterocycles. The van der Waals surface area contributed by atoms with Crippen molar-refractivity contribution in [2.45, 2.75) is 51.7 Å². The Kier molecular flexibility index (Phi) is 7.12. The Morgan fingerprint density at radius 2 is 1.70 bits per heavy atom. The summed E-state index contributed by atoms with van der Waals surface area (Å²) in [6, 6.07) is 5.55. The molecule has 0 bridgehead atoms. The van der Waals surface area contributed by atoms with Crippen LogP contribution < -0.4 is 5.56 Å². The van der Waals surface area contributed by atoms with E-state index in [1.165, 1.54) is 32.9 Å². The zero-order chi connectivity index (χ0) is 27.9. The first-order valence-electron chi connectivity index (χ1n) is 10.6. The highest BCUT2D eigenvalue weighted by Crippen LogP contribution is 2.42. The molecule has 3 aromatic rings. The molecule has 0 saturated heterocycles. The highest BCUT2D eigenvalue weighted by atomic mass is 19.4. The normalized spacial score (nSPS) is 12.8. The molecule has 15 heteroatoms. The van der Waals surface area contributed by atoms with Gasteiger partial charge in [0.05, 0.1) is 22.5 Å². The van der Waals surface area contributed by atoms with Gasteiger partial charge in [-0.2, -0.15) is 26.3 Å². The number of nitro groups is 1. The van der Waals surface area contributed by atoms with Gasteiger partial charge in [-0.05, 0) is 44.9 Å². The van der Waals surface area contributed by atoms with Crippen LogP contribution in [0.4, 0.5) is 36.8 Å². The molecule has 200 valence electrons. The molecule has 0 N–H and O–H groups in total. The van der Waals surface area contributed by atoms with E-state index in [2.05, 4.69) is 4.98 Å². The Balaban J connectivity index is 2.22. The highest BCUT2D eigenvalue weighted by Gasteiger charge is 2.56. The second kappa shape index (κ2) is 9.52. The summed E-state index contributed by atoms with van der Waals surface area (Å²) in [6.07, 6.45) is -12.6. The zero-order valence-corrected chi connectivity index (χ0v) is 19.6. The number of carbonyl (C=O) groups is 1. The topological polar surface area (TPSA) is 109 Å². The van der Waals surface area contributed by atoms with E-state index in [0.717, 1.165) is 33.5 Å². The highest BCUT2D eigenvalue weighted by molar-refractivity contribution is 5.89. The van der Waals surface area contributed by atoms with Crippen LogP contribution in [0.25, 0.3) is 11.0 Å². The summed E-state index contributed by atoms with van der Waals surface area (Å²) in [4.78, 5) is 39.8. The predicted octanol–water partition coefficient (Wildman–Crippen LogP) is 5.22. The van der Waals surface area contributed by atoms with Crippen molar-refractivity contribution in [2.75, 3.05) is 0 Å². The van der Waals surface area contributed by atoms with E-state index in [4.69, 9.17) is 4.74 Å². The van der Waals surface area contributed by atoms with Crippen LogP contribution in [0.15, 0.2) is 41.3 Å². The summed E-state index contributed by atoms with van der Waals surface area (Å²) in [5.41, 5.74) is -3.87. The third kappa shape index (κ3) is 6.09. The zero-order valence-electron chi connectivity index (χ0n) is 19.6. The van der Waals surface area contributed by atoms with E-state index in [9.17, 15) is 46.0 Å². The number of pyridine rings is 1. The van der Waals surface area contributed by atoms with E-state index < -0.39 is 64.7 Å². The number of para-hydroxylation sites is 1. The molecular formula is C22H20F6N4O5. The van der Waals surface area contributed by atoms with Crippen LogP contribution in [0, 0.1) is 16.0 Å². The van der Waals surface area contributed by atoms with Crippen LogP contribution in [0.5, 0.6) is 0 Å². The van der Waals surface area contributed by atoms with Crippen molar-refractivity contribution in [1.82, 2.24) is 14.1 Å². The fourth-order valence-electron chi connectivity index (χ4n) is 3.56. The maximum atomic E-state index is 13.2. The van der Waals surface area contributed by atoms with Gasteiger partial charge in [0.15, 0.2) is 5.92 Å². The number of imidazole rings is 1. The lowest BCUT2D eigenvalue weighted by atomic mass is 9.97. The van der Waals surface area contributed by atoms with Gasteiger partial charge >= 0.3 is 29.7 Å². The van der Waals surface area contributed by atoms with Crippen molar-refractivity contribution in [3.63, 3.8) is 0 Å². The number of hydrogen-bond donors (Lipinski definition) is 0. The molecule has 0 aliphatic carbocycles. The first-order chi connectivity index (χ1) is 16.9. The lowest BCUT2D eigenvalue weighted by Crippen LogP contribution is -2.38. The third-order valence-electron chi connectivity index (χ3n) is 5.14. The fraction of sp³-hybridized carbons (Fsp3) is 0.409. The summed E-state index contributed by atoms with van der Waals surface area (Å²) >= 11 is 0. The van der Waals surface area contributed by atoms with Gasteiger partial charge in [-0.25, -0.2) is 14.3 Å². The molecule has 0 radical (unpaired) electrons. The standard InChI is InChI=1S/C22H20F6N4O5/c1-20(2,3)37-19(34)31-13-7-4-6-12(10-15(21(23,24)25)22(26,27)28)17(13)29-16(31)11-30-9-5-8-14(18(30)33)32(35)36/h4-9,15H,10-11H2,1-3H3. The molecule has 1 aromatic carbocycles. The molecule has 9 nitrogen and oxygen atoms in total. The summed E-state index contributed by atoms with van der Waals surface area (Å²) in [7, 11) is 0. The molecule has 0 fully saturated rings. The van der Waals surface area contributed by atoms with Gasteiger partial charge in [-0.1, -0.05) is 12.1 Å². The lowest BCUT2D eigenvalue weighted by molar-refractivity contribution is -0.386. The Bertz CT molecular complexity index is 1390. The van der Waals surface area contributed by atoms with E-state index in [0.29, 0.717) is 0 Å². The fourth-order valence-corrected chi connectivity index (χ4v) is 3.56. The number of rotatable bonds is 5. The van der Waals surface area contributed by atoms with Crippen LogP contribution in [0.2, 0.25) is 0 Å². The number of halogens is 6. The second-order valence-corrected chi connectivity index (χ2v) is 9.05. The number of carbonyl (C=O) groups excluding carboxylic acids is 1. The van der Waals surface area contributed by atoms with Crippen molar-refractivity contribution in [1.29, 1.82) is 0 Å². The van der Waals surface area contributed by atoms with Crippen molar-refractivity contribution in [3.8, 4) is 0 Å². The number of benzene rings is 1. The number of nitrogens with zero attached hydrogens (tertiary/aromatic N) is 4. The third-order valence-corrected chi connectivity index (χ3v) is 5.14. The summed E-state index contributed by atoms with van der Waals surface area (Å²) in [5, 5.41) is 11.1. The van der Waals surface area contributed by atoms with Crippen molar-refractivity contribution < 1.29 is 40.8 Å².